The molecule has 0 saturated heterocycles. The lowest BCUT2D eigenvalue weighted by atomic mass is 9.75. The molecule has 8 aromatic rings. The van der Waals surface area contributed by atoms with Gasteiger partial charge in [-0.25, -0.2) is 0 Å². The highest BCUT2D eigenvalue weighted by Crippen LogP contribution is 2.42. The monoisotopic (exact) mass is 1040 g/mol. The van der Waals surface area contributed by atoms with Gasteiger partial charge in [-0.15, -0.1) is 0 Å². The Morgan fingerprint density at radius 3 is 0.737 bits per heavy atom. The largest absolute Gasteiger partial charge is 0.508 e. The van der Waals surface area contributed by atoms with Crippen molar-refractivity contribution < 1.29 is 81.7 Å². The van der Waals surface area contributed by atoms with Crippen LogP contribution in [0, 0.1) is 11.8 Å². The SMILES string of the molecule is Oc1cc(O)cc(C[C@@H](CCc2ccc(O)c(O)c2)[C@@H](Cc2cc(O)cc(O)c2)c2ccc(O)c(O)c2)c1.Oc1cc(O)cc(C[C@H](CCc2ccc(O)c(O)c2)[C@H](Cc2cc(O)cc(O)c2)c2ccc(O)c(O)c2)c1. The van der Waals surface area contributed by atoms with Crippen molar-refractivity contribution in [2.24, 2.45) is 11.8 Å². The first-order valence-electron chi connectivity index (χ1n) is 24.3. The van der Waals surface area contributed by atoms with Gasteiger partial charge in [0.1, 0.15) is 46.0 Å². The smallest absolute Gasteiger partial charge is 0.157 e. The van der Waals surface area contributed by atoms with Crippen LogP contribution in [0.3, 0.4) is 0 Å². The van der Waals surface area contributed by atoms with Crippen LogP contribution in [-0.4, -0.2) is 81.7 Å². The molecule has 0 radical (unpaired) electrons. The lowest BCUT2D eigenvalue weighted by molar-refractivity contribution is 0.377. The van der Waals surface area contributed by atoms with Crippen LogP contribution >= 0.6 is 0 Å². The van der Waals surface area contributed by atoms with Gasteiger partial charge in [-0.1, -0.05) is 24.3 Å². The summed E-state index contributed by atoms with van der Waals surface area (Å²) in [6.45, 7) is 0. The lowest BCUT2D eigenvalue weighted by Gasteiger charge is -2.29. The normalized spacial score (nSPS) is 12.7. The maximum atomic E-state index is 10.3. The molecule has 0 heterocycles. The molecular formula is C60H60O16. The van der Waals surface area contributed by atoms with E-state index in [0.29, 0.717) is 84.7 Å². The fourth-order valence-corrected chi connectivity index (χ4v) is 9.91. The molecule has 16 heteroatoms. The van der Waals surface area contributed by atoms with Crippen LogP contribution in [0.5, 0.6) is 92.0 Å². The third kappa shape index (κ3) is 14.8. The third-order valence-corrected chi connectivity index (χ3v) is 13.4. The van der Waals surface area contributed by atoms with Crippen LogP contribution in [0.1, 0.15) is 69.2 Å². The highest BCUT2D eigenvalue weighted by molar-refractivity contribution is 5.47. The first-order chi connectivity index (χ1) is 36.1. The molecule has 0 aliphatic rings. The van der Waals surface area contributed by atoms with Crippen LogP contribution in [0.2, 0.25) is 0 Å². The molecule has 0 bridgehead atoms. The minimum atomic E-state index is -0.307. The predicted molar refractivity (Wildman–Crippen MR) is 282 cm³/mol. The first-order valence-corrected chi connectivity index (χ1v) is 24.3. The standard InChI is InChI=1S/2C30H30O8/c2*31-22-8-18(9-23(32)15-22)7-20(3-1-17-2-5-27(35)29(37)13-17)26(21-4-6-28(36)30(38)14-21)12-19-10-24(33)16-25(34)11-19/h2*2,4-6,8-11,13-16,20,26,31-38H,1,3,7,12H2/t2*20-,26-/m10/s1. The Morgan fingerprint density at radius 2 is 0.474 bits per heavy atom. The van der Waals surface area contributed by atoms with Crippen LogP contribution in [0.25, 0.3) is 0 Å². The predicted octanol–water partition coefficient (Wildman–Crippen LogP) is 10.3. The Bertz CT molecular complexity index is 3000. The summed E-state index contributed by atoms with van der Waals surface area (Å²) >= 11 is 0. The van der Waals surface area contributed by atoms with E-state index in [0.717, 1.165) is 11.1 Å². The van der Waals surface area contributed by atoms with E-state index < -0.39 is 0 Å². The highest BCUT2D eigenvalue weighted by Gasteiger charge is 2.28. The highest BCUT2D eigenvalue weighted by atomic mass is 16.3. The number of hydrogen-bond donors (Lipinski definition) is 16. The molecule has 4 atom stereocenters. The molecule has 0 fully saturated rings. The van der Waals surface area contributed by atoms with Gasteiger partial charge in [-0.05, 0) is 217 Å². The molecule has 16 N–H and O–H groups in total. The molecule has 76 heavy (non-hydrogen) atoms. The number of phenols is 16. The molecule has 396 valence electrons. The van der Waals surface area contributed by atoms with E-state index in [1.54, 1.807) is 72.8 Å². The van der Waals surface area contributed by atoms with Crippen molar-refractivity contribution in [3.63, 3.8) is 0 Å². The molecule has 0 aliphatic carbocycles. The fourth-order valence-electron chi connectivity index (χ4n) is 9.91. The molecule has 0 saturated carbocycles. The molecule has 8 aromatic carbocycles. The Labute approximate surface area is 437 Å². The molecule has 8 rings (SSSR count). The topological polar surface area (TPSA) is 324 Å². The number of rotatable bonds is 18. The van der Waals surface area contributed by atoms with Gasteiger partial charge in [-0.2, -0.15) is 0 Å². The summed E-state index contributed by atoms with van der Waals surface area (Å²) in [5.74, 6) is -3.71. The maximum absolute atomic E-state index is 10.3. The van der Waals surface area contributed by atoms with Gasteiger partial charge >= 0.3 is 0 Å². The van der Waals surface area contributed by atoms with Crippen molar-refractivity contribution in [3.05, 3.63) is 190 Å². The number of phenolic OH excluding ortho intramolecular Hbond substituents is 16. The second-order valence-corrected chi connectivity index (χ2v) is 19.2. The van der Waals surface area contributed by atoms with Gasteiger partial charge in [0, 0.05) is 24.3 Å². The maximum Gasteiger partial charge on any atom is 0.157 e. The Morgan fingerprint density at radius 1 is 0.224 bits per heavy atom. The van der Waals surface area contributed by atoms with E-state index in [4.69, 9.17) is 0 Å². The van der Waals surface area contributed by atoms with Crippen LogP contribution in [0.15, 0.2) is 146 Å². The molecule has 0 unspecified atom stereocenters. The number of aryl methyl sites for hydroxylation is 2. The molecule has 0 aliphatic heterocycles. The van der Waals surface area contributed by atoms with E-state index in [9.17, 15) is 81.7 Å². The van der Waals surface area contributed by atoms with Crippen LogP contribution in [0.4, 0.5) is 0 Å². The number of benzene rings is 8. The number of hydrogen-bond acceptors (Lipinski definition) is 16. The summed E-state index contributed by atoms with van der Waals surface area (Å²) in [6, 6.07) is 35.7. The van der Waals surface area contributed by atoms with Gasteiger partial charge in [0.25, 0.3) is 0 Å². The zero-order valence-electron chi connectivity index (χ0n) is 41.0. The summed E-state index contributed by atoms with van der Waals surface area (Å²) in [4.78, 5) is 0. The van der Waals surface area contributed by atoms with E-state index in [2.05, 4.69) is 0 Å². The van der Waals surface area contributed by atoms with Crippen molar-refractivity contribution in [2.75, 3.05) is 0 Å². The summed E-state index contributed by atoms with van der Waals surface area (Å²) in [5, 5.41) is 160. The van der Waals surface area contributed by atoms with Gasteiger partial charge < -0.3 is 81.7 Å². The van der Waals surface area contributed by atoms with E-state index >= 15 is 0 Å². The second kappa shape index (κ2) is 24.1. The van der Waals surface area contributed by atoms with Crippen molar-refractivity contribution in [1.82, 2.24) is 0 Å². The van der Waals surface area contributed by atoms with Gasteiger partial charge in [0.2, 0.25) is 0 Å². The second-order valence-electron chi connectivity index (χ2n) is 19.2. The summed E-state index contributed by atoms with van der Waals surface area (Å²) in [6.07, 6.45) is 3.64. The van der Waals surface area contributed by atoms with Gasteiger partial charge in [0.05, 0.1) is 0 Å². The van der Waals surface area contributed by atoms with E-state index in [-0.39, 0.29) is 116 Å². The minimum Gasteiger partial charge on any atom is -0.508 e. The average molecular weight is 1040 g/mol. The Balaban J connectivity index is 0.000000221. The van der Waals surface area contributed by atoms with Crippen molar-refractivity contribution >= 4 is 0 Å². The van der Waals surface area contributed by atoms with Crippen LogP contribution < -0.4 is 0 Å². The quantitative estimate of drug-likeness (QED) is 0.0355. The van der Waals surface area contributed by atoms with E-state index in [1.807, 2.05) is 0 Å². The zero-order chi connectivity index (χ0) is 54.8. The zero-order valence-corrected chi connectivity index (χ0v) is 41.0. The summed E-state index contributed by atoms with van der Waals surface area (Å²) in [5.41, 5.74) is 5.60. The van der Waals surface area contributed by atoms with Crippen molar-refractivity contribution in [2.45, 2.75) is 63.2 Å². The molecule has 0 amide bonds. The fraction of sp³-hybridized carbons (Fsp3) is 0.200. The number of aromatic hydroxyl groups is 16. The average Bonchev–Trinajstić information content (AvgIpc) is 3.33. The summed E-state index contributed by atoms with van der Waals surface area (Å²) < 4.78 is 0. The molecule has 0 spiro atoms. The molecule has 16 nitrogen and oxygen atoms in total. The van der Waals surface area contributed by atoms with Crippen molar-refractivity contribution in [3.8, 4) is 92.0 Å². The minimum absolute atomic E-state index is 0.0843. The summed E-state index contributed by atoms with van der Waals surface area (Å²) in [7, 11) is 0. The van der Waals surface area contributed by atoms with Crippen LogP contribution in [-0.2, 0) is 38.5 Å². The Kier molecular flexibility index (Phi) is 17.2. The molecular weight excluding hydrogens is 977 g/mol. The van der Waals surface area contributed by atoms with Crippen molar-refractivity contribution in [1.29, 1.82) is 0 Å². The Hall–Kier alpha value is -9.44. The van der Waals surface area contributed by atoms with E-state index in [1.165, 1.54) is 72.8 Å². The molecule has 0 aromatic heterocycles. The van der Waals surface area contributed by atoms with Gasteiger partial charge in [0.15, 0.2) is 46.0 Å². The van der Waals surface area contributed by atoms with Gasteiger partial charge in [-0.3, -0.25) is 0 Å². The lowest BCUT2D eigenvalue weighted by Crippen LogP contribution is -2.19. The first kappa shape index (κ1) is 54.3. The third-order valence-electron chi connectivity index (χ3n) is 13.4.